The van der Waals surface area contributed by atoms with Gasteiger partial charge < -0.3 is 5.11 Å². The number of thioether (sulfide) groups is 1. The van der Waals surface area contributed by atoms with Crippen LogP contribution in [0.25, 0.3) is 0 Å². The molecule has 1 rings (SSSR count). The van der Waals surface area contributed by atoms with Crippen molar-refractivity contribution in [2.45, 2.75) is 24.7 Å². The van der Waals surface area contributed by atoms with Crippen LogP contribution >= 0.6 is 11.8 Å². The summed E-state index contributed by atoms with van der Waals surface area (Å²) >= 11 is 1.71. The minimum Gasteiger partial charge on any atom is -0.481 e. The fraction of sp³-hybridized carbons (Fsp3) is 0.417. The predicted octanol–water partition coefficient (Wildman–Crippen LogP) is 3.06. The summed E-state index contributed by atoms with van der Waals surface area (Å²) in [6.07, 6.45) is 3.58. The number of aliphatic carboxylic acids is 1. The summed E-state index contributed by atoms with van der Waals surface area (Å²) in [5.74, 6) is -0.971. The van der Waals surface area contributed by atoms with E-state index in [4.69, 9.17) is 5.11 Å². The number of carboxylic acid groups (broad SMARTS) is 1. The Bertz CT molecular complexity index is 319. The summed E-state index contributed by atoms with van der Waals surface area (Å²) in [6, 6.07) is 8.29. The van der Waals surface area contributed by atoms with Gasteiger partial charge in [-0.3, -0.25) is 4.79 Å². The van der Waals surface area contributed by atoms with E-state index in [1.54, 1.807) is 18.7 Å². The molecule has 0 bridgehead atoms. The molecule has 1 unspecified atom stereocenters. The average molecular weight is 224 g/mol. The van der Waals surface area contributed by atoms with Gasteiger partial charge in [-0.1, -0.05) is 19.1 Å². The van der Waals surface area contributed by atoms with E-state index in [0.717, 1.165) is 6.42 Å². The lowest BCUT2D eigenvalue weighted by molar-refractivity contribution is -0.141. The summed E-state index contributed by atoms with van der Waals surface area (Å²) in [4.78, 5) is 11.9. The Kier molecular flexibility index (Phi) is 4.69. The monoisotopic (exact) mass is 224 g/mol. The second-order valence-corrected chi connectivity index (χ2v) is 4.51. The zero-order chi connectivity index (χ0) is 11.3. The van der Waals surface area contributed by atoms with E-state index in [0.29, 0.717) is 6.42 Å². The third kappa shape index (κ3) is 3.96. The lowest BCUT2D eigenvalue weighted by Crippen LogP contribution is -2.10. The Morgan fingerprint density at radius 2 is 2.00 bits per heavy atom. The first-order valence-corrected chi connectivity index (χ1v) is 6.21. The van der Waals surface area contributed by atoms with Gasteiger partial charge in [0.15, 0.2) is 0 Å². The van der Waals surface area contributed by atoms with Crippen molar-refractivity contribution >= 4 is 17.7 Å². The van der Waals surface area contributed by atoms with Gasteiger partial charge in [0.25, 0.3) is 0 Å². The molecule has 0 saturated carbocycles. The van der Waals surface area contributed by atoms with Crippen LogP contribution in [0.1, 0.15) is 18.9 Å². The number of benzene rings is 1. The van der Waals surface area contributed by atoms with Crippen molar-refractivity contribution in [3.63, 3.8) is 0 Å². The summed E-state index contributed by atoms with van der Waals surface area (Å²) in [5.41, 5.74) is 1.21. The Hall–Kier alpha value is -0.960. The van der Waals surface area contributed by atoms with Crippen LogP contribution in [0.15, 0.2) is 29.2 Å². The number of rotatable bonds is 5. The quantitative estimate of drug-likeness (QED) is 0.781. The van der Waals surface area contributed by atoms with Crippen LogP contribution in [0.4, 0.5) is 0 Å². The zero-order valence-electron chi connectivity index (χ0n) is 9.06. The van der Waals surface area contributed by atoms with E-state index in [2.05, 4.69) is 24.3 Å². The first-order valence-electron chi connectivity index (χ1n) is 4.99. The van der Waals surface area contributed by atoms with E-state index < -0.39 is 5.97 Å². The Labute approximate surface area is 94.7 Å². The highest BCUT2D eigenvalue weighted by Crippen LogP contribution is 2.16. The van der Waals surface area contributed by atoms with Gasteiger partial charge in [0, 0.05) is 4.90 Å². The molecule has 0 radical (unpaired) electrons. The molecule has 1 atom stereocenters. The number of hydrogen-bond acceptors (Lipinski definition) is 2. The van der Waals surface area contributed by atoms with Crippen LogP contribution in [0, 0.1) is 5.92 Å². The van der Waals surface area contributed by atoms with Crippen LogP contribution in [0.2, 0.25) is 0 Å². The maximum atomic E-state index is 10.6. The van der Waals surface area contributed by atoms with Crippen LogP contribution in [0.5, 0.6) is 0 Å². The van der Waals surface area contributed by atoms with E-state index in [9.17, 15) is 4.79 Å². The van der Waals surface area contributed by atoms with E-state index in [1.165, 1.54) is 10.5 Å². The first kappa shape index (κ1) is 12.1. The largest absolute Gasteiger partial charge is 0.481 e. The van der Waals surface area contributed by atoms with Gasteiger partial charge in [0.2, 0.25) is 0 Å². The maximum Gasteiger partial charge on any atom is 0.306 e. The molecule has 82 valence electrons. The summed E-state index contributed by atoms with van der Waals surface area (Å²) in [6.45, 7) is 1.75. The molecular formula is C12H16O2S. The molecule has 3 heteroatoms. The Morgan fingerprint density at radius 3 is 2.47 bits per heavy atom. The third-order valence-electron chi connectivity index (χ3n) is 2.45. The first-order chi connectivity index (χ1) is 7.13. The summed E-state index contributed by atoms with van der Waals surface area (Å²) < 4.78 is 0. The van der Waals surface area contributed by atoms with Crippen LogP contribution in [0.3, 0.4) is 0 Å². The molecule has 0 aliphatic heterocycles. The second kappa shape index (κ2) is 5.81. The molecule has 1 aromatic carbocycles. The highest BCUT2D eigenvalue weighted by Gasteiger charge is 2.10. The van der Waals surface area contributed by atoms with Gasteiger partial charge >= 0.3 is 5.97 Å². The zero-order valence-corrected chi connectivity index (χ0v) is 9.88. The molecule has 15 heavy (non-hydrogen) atoms. The van der Waals surface area contributed by atoms with Crippen LogP contribution in [-0.4, -0.2) is 17.3 Å². The summed E-state index contributed by atoms with van der Waals surface area (Å²) in [7, 11) is 0. The molecule has 0 aromatic heterocycles. The molecule has 0 spiro atoms. The van der Waals surface area contributed by atoms with Gasteiger partial charge in [0.05, 0.1) is 5.92 Å². The topological polar surface area (TPSA) is 37.3 Å². The normalized spacial score (nSPS) is 12.4. The Balaban J connectivity index is 2.47. The average Bonchev–Trinajstić information content (AvgIpc) is 2.26. The predicted molar refractivity (Wildman–Crippen MR) is 63.3 cm³/mol. The molecule has 0 heterocycles. The van der Waals surface area contributed by atoms with Gasteiger partial charge in [-0.2, -0.15) is 0 Å². The van der Waals surface area contributed by atoms with E-state index >= 15 is 0 Å². The minimum atomic E-state index is -0.712. The molecule has 0 saturated heterocycles. The van der Waals surface area contributed by atoms with Crippen molar-refractivity contribution in [3.05, 3.63) is 29.8 Å². The standard InChI is InChI=1S/C12H16O2S/c1-9(12(13)14)3-4-10-5-7-11(15-2)8-6-10/h5-9H,3-4H2,1-2H3,(H,13,14). The van der Waals surface area contributed by atoms with Gasteiger partial charge in [-0.15, -0.1) is 11.8 Å². The maximum absolute atomic E-state index is 10.6. The van der Waals surface area contributed by atoms with Crippen molar-refractivity contribution in [2.75, 3.05) is 6.26 Å². The highest BCUT2D eigenvalue weighted by atomic mass is 32.2. The van der Waals surface area contributed by atoms with Crippen molar-refractivity contribution in [2.24, 2.45) is 5.92 Å². The molecular weight excluding hydrogens is 208 g/mol. The third-order valence-corrected chi connectivity index (χ3v) is 3.19. The molecule has 2 nitrogen and oxygen atoms in total. The number of hydrogen-bond donors (Lipinski definition) is 1. The van der Waals surface area contributed by atoms with Gasteiger partial charge in [0.1, 0.15) is 0 Å². The van der Waals surface area contributed by atoms with Gasteiger partial charge in [-0.25, -0.2) is 0 Å². The van der Waals surface area contributed by atoms with Crippen molar-refractivity contribution < 1.29 is 9.90 Å². The Morgan fingerprint density at radius 1 is 1.40 bits per heavy atom. The fourth-order valence-corrected chi connectivity index (χ4v) is 1.71. The second-order valence-electron chi connectivity index (χ2n) is 3.63. The van der Waals surface area contributed by atoms with Crippen LogP contribution in [-0.2, 0) is 11.2 Å². The van der Waals surface area contributed by atoms with Gasteiger partial charge in [-0.05, 0) is 36.8 Å². The molecule has 1 N–H and O–H groups in total. The molecule has 0 amide bonds. The van der Waals surface area contributed by atoms with Crippen molar-refractivity contribution in [3.8, 4) is 0 Å². The fourth-order valence-electron chi connectivity index (χ4n) is 1.30. The highest BCUT2D eigenvalue weighted by molar-refractivity contribution is 7.98. The molecule has 1 aromatic rings. The lowest BCUT2D eigenvalue weighted by Gasteiger charge is -2.06. The van der Waals surface area contributed by atoms with Crippen molar-refractivity contribution in [1.29, 1.82) is 0 Å². The van der Waals surface area contributed by atoms with Crippen LogP contribution < -0.4 is 0 Å². The van der Waals surface area contributed by atoms with Crippen molar-refractivity contribution in [1.82, 2.24) is 0 Å². The minimum absolute atomic E-state index is 0.259. The lowest BCUT2D eigenvalue weighted by atomic mass is 10.0. The van der Waals surface area contributed by atoms with E-state index in [-0.39, 0.29) is 5.92 Å². The number of carboxylic acids is 1. The smallest absolute Gasteiger partial charge is 0.306 e. The molecule has 0 aliphatic carbocycles. The number of aryl methyl sites for hydroxylation is 1. The molecule has 0 fully saturated rings. The number of carbonyl (C=O) groups is 1. The SMILES string of the molecule is CSc1ccc(CCC(C)C(=O)O)cc1. The van der Waals surface area contributed by atoms with E-state index in [1.807, 2.05) is 6.26 Å². The summed E-state index contributed by atoms with van der Waals surface area (Å²) in [5, 5.41) is 8.74. The molecule has 0 aliphatic rings.